The van der Waals surface area contributed by atoms with Gasteiger partial charge in [-0.3, -0.25) is 0 Å². The maximum Gasteiger partial charge on any atom is 0.0487 e. The van der Waals surface area contributed by atoms with Gasteiger partial charge in [0, 0.05) is 33.0 Å². The van der Waals surface area contributed by atoms with Crippen LogP contribution in [0.15, 0.2) is 30.3 Å². The minimum atomic E-state index is 0.406. The van der Waals surface area contributed by atoms with Crippen LogP contribution in [0.3, 0.4) is 0 Å². The Kier molecular flexibility index (Phi) is 9.29. The third-order valence-electron chi connectivity index (χ3n) is 3.51. The number of nitrogens with one attached hydrogen (secondary N) is 1. The summed E-state index contributed by atoms with van der Waals surface area (Å²) in [7, 11) is 1.73. The first kappa shape index (κ1) is 17.2. The fourth-order valence-corrected chi connectivity index (χ4v) is 2.37. The smallest absolute Gasteiger partial charge is 0.0487 e. The Bertz CT molecular complexity index is 329. The van der Waals surface area contributed by atoms with Crippen LogP contribution in [-0.2, 0) is 9.47 Å². The van der Waals surface area contributed by atoms with Crippen molar-refractivity contribution in [3.63, 3.8) is 0 Å². The van der Waals surface area contributed by atoms with E-state index in [1.54, 1.807) is 7.11 Å². The Balaban J connectivity index is 2.35. The second kappa shape index (κ2) is 10.8. The van der Waals surface area contributed by atoms with Crippen molar-refractivity contribution in [2.24, 2.45) is 5.92 Å². The zero-order chi connectivity index (χ0) is 14.6. The van der Waals surface area contributed by atoms with Gasteiger partial charge in [-0.25, -0.2) is 0 Å². The zero-order valence-corrected chi connectivity index (χ0v) is 13.1. The van der Waals surface area contributed by atoms with Gasteiger partial charge in [-0.15, -0.1) is 0 Å². The van der Waals surface area contributed by atoms with Crippen LogP contribution in [0.4, 0.5) is 0 Å². The number of hydrogen-bond donors (Lipinski definition) is 1. The summed E-state index contributed by atoms with van der Waals surface area (Å²) in [6.07, 6.45) is 2.04. The SMILES string of the molecule is CCNC(c1ccccc1)C(C)CCOCCCOC. The average Bonchev–Trinajstić information content (AvgIpc) is 2.49. The molecule has 3 nitrogen and oxygen atoms in total. The number of ether oxygens (including phenoxy) is 2. The molecule has 0 heterocycles. The molecule has 2 atom stereocenters. The van der Waals surface area contributed by atoms with E-state index in [2.05, 4.69) is 49.5 Å². The summed E-state index contributed by atoms with van der Waals surface area (Å²) in [5.74, 6) is 0.555. The monoisotopic (exact) mass is 279 g/mol. The Morgan fingerprint density at radius 2 is 1.85 bits per heavy atom. The minimum absolute atomic E-state index is 0.406. The van der Waals surface area contributed by atoms with Crippen LogP contribution in [0.2, 0.25) is 0 Å². The average molecular weight is 279 g/mol. The molecule has 0 saturated heterocycles. The lowest BCUT2D eigenvalue weighted by Crippen LogP contribution is -2.27. The third-order valence-corrected chi connectivity index (χ3v) is 3.51. The zero-order valence-electron chi connectivity index (χ0n) is 13.1. The molecule has 0 aliphatic carbocycles. The lowest BCUT2D eigenvalue weighted by atomic mass is 9.92. The van der Waals surface area contributed by atoms with Gasteiger partial charge >= 0.3 is 0 Å². The quantitative estimate of drug-likeness (QED) is 0.630. The van der Waals surface area contributed by atoms with E-state index >= 15 is 0 Å². The summed E-state index contributed by atoms with van der Waals surface area (Å²) in [6.45, 7) is 7.82. The molecule has 0 fully saturated rings. The molecule has 0 aliphatic heterocycles. The van der Waals surface area contributed by atoms with Crippen molar-refractivity contribution in [3.8, 4) is 0 Å². The largest absolute Gasteiger partial charge is 0.385 e. The van der Waals surface area contributed by atoms with Crippen LogP contribution in [0.25, 0.3) is 0 Å². The van der Waals surface area contributed by atoms with Crippen LogP contribution in [0.5, 0.6) is 0 Å². The highest BCUT2D eigenvalue weighted by Crippen LogP contribution is 2.24. The fraction of sp³-hybridized carbons (Fsp3) is 0.647. The molecular formula is C17H29NO2. The van der Waals surface area contributed by atoms with Crippen molar-refractivity contribution in [1.29, 1.82) is 0 Å². The normalized spacial score (nSPS) is 14.2. The van der Waals surface area contributed by atoms with Crippen LogP contribution in [-0.4, -0.2) is 33.5 Å². The van der Waals surface area contributed by atoms with Crippen LogP contribution in [0, 0.1) is 5.92 Å². The van der Waals surface area contributed by atoms with Gasteiger partial charge in [0.2, 0.25) is 0 Å². The molecule has 1 rings (SSSR count). The molecule has 1 N–H and O–H groups in total. The molecule has 114 valence electrons. The number of methoxy groups -OCH3 is 1. The lowest BCUT2D eigenvalue weighted by molar-refractivity contribution is 0.0916. The second-order valence-corrected chi connectivity index (χ2v) is 5.17. The van der Waals surface area contributed by atoms with Gasteiger partial charge in [0.05, 0.1) is 0 Å². The van der Waals surface area contributed by atoms with Crippen molar-refractivity contribution >= 4 is 0 Å². The Labute approximate surface area is 123 Å². The van der Waals surface area contributed by atoms with Gasteiger partial charge < -0.3 is 14.8 Å². The first-order valence-electron chi connectivity index (χ1n) is 7.64. The highest BCUT2D eigenvalue weighted by Gasteiger charge is 2.17. The summed E-state index contributed by atoms with van der Waals surface area (Å²) in [6, 6.07) is 11.1. The van der Waals surface area contributed by atoms with E-state index in [4.69, 9.17) is 9.47 Å². The van der Waals surface area contributed by atoms with Crippen molar-refractivity contribution in [2.45, 2.75) is 32.7 Å². The first-order chi connectivity index (χ1) is 9.79. The maximum absolute atomic E-state index is 5.66. The predicted octanol–water partition coefficient (Wildman–Crippen LogP) is 3.42. The highest BCUT2D eigenvalue weighted by molar-refractivity contribution is 5.19. The Morgan fingerprint density at radius 3 is 2.50 bits per heavy atom. The van der Waals surface area contributed by atoms with Gasteiger partial charge in [-0.1, -0.05) is 44.2 Å². The molecule has 0 bridgehead atoms. The van der Waals surface area contributed by atoms with E-state index in [1.807, 2.05) is 0 Å². The summed E-state index contributed by atoms with van der Waals surface area (Å²) in [4.78, 5) is 0. The summed E-state index contributed by atoms with van der Waals surface area (Å²) >= 11 is 0. The van der Waals surface area contributed by atoms with Gasteiger partial charge in [-0.05, 0) is 30.9 Å². The standard InChI is InChI=1S/C17H29NO2/c1-4-18-17(16-9-6-5-7-10-16)15(2)11-14-20-13-8-12-19-3/h5-7,9-10,15,17-18H,4,8,11-14H2,1-3H3. The summed E-state index contributed by atoms with van der Waals surface area (Å²) in [5, 5.41) is 3.58. The molecule has 3 heteroatoms. The molecular weight excluding hydrogens is 250 g/mol. The summed E-state index contributed by atoms with van der Waals surface area (Å²) < 4.78 is 10.7. The van der Waals surface area contributed by atoms with Crippen molar-refractivity contribution in [1.82, 2.24) is 5.32 Å². The molecule has 1 aromatic carbocycles. The molecule has 2 unspecified atom stereocenters. The van der Waals surface area contributed by atoms with Gasteiger partial charge in [0.1, 0.15) is 0 Å². The molecule has 0 aromatic heterocycles. The maximum atomic E-state index is 5.66. The van der Waals surface area contributed by atoms with Crippen LogP contribution >= 0.6 is 0 Å². The number of hydrogen-bond acceptors (Lipinski definition) is 3. The van der Waals surface area contributed by atoms with E-state index < -0.39 is 0 Å². The molecule has 0 aliphatic rings. The molecule has 1 aromatic rings. The van der Waals surface area contributed by atoms with Crippen LogP contribution in [0.1, 0.15) is 38.3 Å². The van der Waals surface area contributed by atoms with Gasteiger partial charge in [0.25, 0.3) is 0 Å². The van der Waals surface area contributed by atoms with E-state index in [0.717, 1.165) is 39.2 Å². The lowest BCUT2D eigenvalue weighted by Gasteiger charge is -2.25. The molecule has 0 amide bonds. The van der Waals surface area contributed by atoms with E-state index in [0.29, 0.717) is 12.0 Å². The van der Waals surface area contributed by atoms with Gasteiger partial charge in [0.15, 0.2) is 0 Å². The Hall–Kier alpha value is -0.900. The highest BCUT2D eigenvalue weighted by atomic mass is 16.5. The topological polar surface area (TPSA) is 30.5 Å². The van der Waals surface area contributed by atoms with Gasteiger partial charge in [-0.2, -0.15) is 0 Å². The molecule has 0 saturated carbocycles. The first-order valence-corrected chi connectivity index (χ1v) is 7.64. The second-order valence-electron chi connectivity index (χ2n) is 5.17. The molecule has 20 heavy (non-hydrogen) atoms. The van der Waals surface area contributed by atoms with Crippen molar-refractivity contribution in [2.75, 3.05) is 33.5 Å². The van der Waals surface area contributed by atoms with Crippen molar-refractivity contribution in [3.05, 3.63) is 35.9 Å². The molecule has 0 radical (unpaired) electrons. The number of benzene rings is 1. The third kappa shape index (κ3) is 6.51. The predicted molar refractivity (Wildman–Crippen MR) is 84.0 cm³/mol. The van der Waals surface area contributed by atoms with Crippen LogP contribution < -0.4 is 5.32 Å². The molecule has 0 spiro atoms. The van der Waals surface area contributed by atoms with E-state index in [9.17, 15) is 0 Å². The summed E-state index contributed by atoms with van der Waals surface area (Å²) in [5.41, 5.74) is 1.36. The Morgan fingerprint density at radius 1 is 1.10 bits per heavy atom. The van der Waals surface area contributed by atoms with E-state index in [-0.39, 0.29) is 0 Å². The van der Waals surface area contributed by atoms with Crippen molar-refractivity contribution < 1.29 is 9.47 Å². The van der Waals surface area contributed by atoms with E-state index in [1.165, 1.54) is 5.56 Å². The minimum Gasteiger partial charge on any atom is -0.385 e. The fourth-order valence-electron chi connectivity index (χ4n) is 2.37. The number of rotatable bonds is 11.